The number of aromatic hydroxyl groups is 1. The van der Waals surface area contributed by atoms with Gasteiger partial charge in [-0.05, 0) is 30.5 Å². The maximum Gasteiger partial charge on any atom is 0.115 e. The number of aromatic amines is 1. The van der Waals surface area contributed by atoms with Gasteiger partial charge in [-0.1, -0.05) is 12.1 Å². The minimum absolute atomic E-state index is 0.301. The highest BCUT2D eigenvalue weighted by atomic mass is 16.3. The van der Waals surface area contributed by atoms with E-state index in [-0.39, 0.29) is 0 Å². The van der Waals surface area contributed by atoms with Gasteiger partial charge in [0, 0.05) is 0 Å². The molecule has 1 aromatic heterocycles. The Morgan fingerprint density at radius 2 is 1.93 bits per heavy atom. The molecule has 2 N–H and O–H groups in total. The van der Waals surface area contributed by atoms with Crippen LogP contribution >= 0.6 is 0 Å². The maximum atomic E-state index is 9.08. The highest BCUT2D eigenvalue weighted by Crippen LogP contribution is 2.11. The summed E-state index contributed by atoms with van der Waals surface area (Å²) in [5.41, 5.74) is 2.14. The second-order valence-corrected chi connectivity index (χ2v) is 3.13. The molecule has 4 nitrogen and oxygen atoms in total. The van der Waals surface area contributed by atoms with Crippen LogP contribution in [0.25, 0.3) is 0 Å². The van der Waals surface area contributed by atoms with Gasteiger partial charge in [-0.25, -0.2) is 0 Å². The van der Waals surface area contributed by atoms with E-state index in [2.05, 4.69) is 15.4 Å². The number of phenolic OH excluding ortho intramolecular Hbond substituents is 1. The fourth-order valence-electron chi connectivity index (χ4n) is 1.28. The molecule has 0 saturated carbocycles. The van der Waals surface area contributed by atoms with Crippen LogP contribution in [0.2, 0.25) is 0 Å². The van der Waals surface area contributed by atoms with E-state index in [1.165, 1.54) is 5.56 Å². The number of benzene rings is 1. The average molecular weight is 189 g/mol. The van der Waals surface area contributed by atoms with Crippen molar-refractivity contribution in [3.05, 3.63) is 41.7 Å². The Kier molecular flexibility index (Phi) is 2.44. The molecular formula is C10H11N3O. The lowest BCUT2D eigenvalue weighted by atomic mass is 10.1. The van der Waals surface area contributed by atoms with Crippen LogP contribution in [0, 0.1) is 0 Å². The molecule has 0 unspecified atom stereocenters. The normalized spacial score (nSPS) is 10.3. The number of aromatic nitrogens is 3. The summed E-state index contributed by atoms with van der Waals surface area (Å²) in [4.78, 5) is 0. The molecule has 2 rings (SSSR count). The first-order valence-corrected chi connectivity index (χ1v) is 4.47. The van der Waals surface area contributed by atoms with E-state index in [1.807, 2.05) is 12.1 Å². The monoisotopic (exact) mass is 189 g/mol. The largest absolute Gasteiger partial charge is 0.508 e. The summed E-state index contributed by atoms with van der Waals surface area (Å²) in [6.07, 6.45) is 3.49. The lowest BCUT2D eigenvalue weighted by molar-refractivity contribution is 0.475. The molecule has 0 aliphatic carbocycles. The highest BCUT2D eigenvalue weighted by molar-refractivity contribution is 5.26. The molecule has 1 heterocycles. The molecule has 2 aromatic rings. The molecule has 1 aromatic carbocycles. The van der Waals surface area contributed by atoms with E-state index in [0.717, 1.165) is 18.5 Å². The van der Waals surface area contributed by atoms with Gasteiger partial charge in [-0.15, -0.1) is 0 Å². The predicted octanol–water partition coefficient (Wildman–Crippen LogP) is 1.30. The van der Waals surface area contributed by atoms with E-state index in [1.54, 1.807) is 18.3 Å². The van der Waals surface area contributed by atoms with Crippen LogP contribution in [-0.4, -0.2) is 20.5 Å². The Morgan fingerprint density at radius 1 is 1.14 bits per heavy atom. The van der Waals surface area contributed by atoms with Crippen LogP contribution in [0.3, 0.4) is 0 Å². The second kappa shape index (κ2) is 3.91. The number of aryl methyl sites for hydroxylation is 2. The van der Waals surface area contributed by atoms with E-state index in [9.17, 15) is 0 Å². The van der Waals surface area contributed by atoms with Crippen LogP contribution < -0.4 is 0 Å². The molecule has 72 valence electrons. The molecule has 0 bridgehead atoms. The van der Waals surface area contributed by atoms with Crippen LogP contribution in [0.1, 0.15) is 11.3 Å². The maximum absolute atomic E-state index is 9.08. The Morgan fingerprint density at radius 3 is 2.57 bits per heavy atom. The standard InChI is InChI=1S/C10H11N3O/c14-10-5-2-8(3-6-10)1-4-9-7-11-13-12-9/h2-3,5-7,14H,1,4H2,(H,11,12,13). The molecule has 0 fully saturated rings. The van der Waals surface area contributed by atoms with Crippen molar-refractivity contribution in [1.29, 1.82) is 0 Å². The number of hydrogen-bond acceptors (Lipinski definition) is 3. The number of rotatable bonds is 3. The van der Waals surface area contributed by atoms with E-state index in [4.69, 9.17) is 5.11 Å². The van der Waals surface area contributed by atoms with Crippen molar-refractivity contribution in [3.8, 4) is 5.75 Å². The summed E-state index contributed by atoms with van der Waals surface area (Å²) in [7, 11) is 0. The van der Waals surface area contributed by atoms with Gasteiger partial charge in [-0.2, -0.15) is 15.4 Å². The quantitative estimate of drug-likeness (QED) is 0.764. The summed E-state index contributed by atoms with van der Waals surface area (Å²) < 4.78 is 0. The molecule has 0 atom stereocenters. The highest BCUT2D eigenvalue weighted by Gasteiger charge is 1.97. The van der Waals surface area contributed by atoms with Crippen LogP contribution in [0.4, 0.5) is 0 Å². The lowest BCUT2D eigenvalue weighted by Gasteiger charge is -1.98. The fraction of sp³-hybridized carbons (Fsp3) is 0.200. The van der Waals surface area contributed by atoms with Gasteiger partial charge in [0.1, 0.15) is 5.75 Å². The summed E-state index contributed by atoms with van der Waals surface area (Å²) >= 11 is 0. The van der Waals surface area contributed by atoms with Crippen molar-refractivity contribution < 1.29 is 5.11 Å². The van der Waals surface area contributed by atoms with Crippen molar-refractivity contribution in [2.45, 2.75) is 12.8 Å². The third-order valence-corrected chi connectivity index (χ3v) is 2.07. The first kappa shape index (κ1) is 8.74. The number of phenols is 1. The smallest absolute Gasteiger partial charge is 0.115 e. The Balaban J connectivity index is 1.95. The van der Waals surface area contributed by atoms with Crippen molar-refractivity contribution in [2.75, 3.05) is 0 Å². The van der Waals surface area contributed by atoms with Crippen molar-refractivity contribution in [1.82, 2.24) is 15.4 Å². The Labute approximate surface area is 81.6 Å². The first-order valence-electron chi connectivity index (χ1n) is 4.47. The molecule has 0 spiro atoms. The molecule has 14 heavy (non-hydrogen) atoms. The first-order chi connectivity index (χ1) is 6.84. The number of nitrogens with one attached hydrogen (secondary N) is 1. The zero-order valence-corrected chi connectivity index (χ0v) is 7.64. The van der Waals surface area contributed by atoms with Crippen LogP contribution in [0.15, 0.2) is 30.5 Å². The molecule has 0 saturated heterocycles. The Bertz CT molecular complexity index is 380. The number of nitrogens with zero attached hydrogens (tertiary/aromatic N) is 2. The molecule has 0 radical (unpaired) electrons. The van der Waals surface area contributed by atoms with Gasteiger partial charge in [-0.3, -0.25) is 0 Å². The average Bonchev–Trinajstić information content (AvgIpc) is 2.70. The van der Waals surface area contributed by atoms with Crippen molar-refractivity contribution in [2.24, 2.45) is 0 Å². The molecule has 4 heteroatoms. The zero-order valence-electron chi connectivity index (χ0n) is 7.64. The SMILES string of the molecule is Oc1ccc(CCc2cn[nH]n2)cc1. The third-order valence-electron chi connectivity index (χ3n) is 2.07. The third kappa shape index (κ3) is 2.10. The molecule has 0 aliphatic heterocycles. The lowest BCUT2D eigenvalue weighted by Crippen LogP contribution is -1.91. The minimum atomic E-state index is 0.301. The van der Waals surface area contributed by atoms with Crippen LogP contribution in [0.5, 0.6) is 5.75 Å². The van der Waals surface area contributed by atoms with E-state index >= 15 is 0 Å². The minimum Gasteiger partial charge on any atom is -0.508 e. The van der Waals surface area contributed by atoms with Gasteiger partial charge in [0.25, 0.3) is 0 Å². The topological polar surface area (TPSA) is 61.8 Å². The second-order valence-electron chi connectivity index (χ2n) is 3.13. The van der Waals surface area contributed by atoms with Crippen molar-refractivity contribution >= 4 is 0 Å². The van der Waals surface area contributed by atoms with Gasteiger partial charge < -0.3 is 5.11 Å². The summed E-state index contributed by atoms with van der Waals surface area (Å²) in [6.45, 7) is 0. The van der Waals surface area contributed by atoms with Crippen molar-refractivity contribution in [3.63, 3.8) is 0 Å². The summed E-state index contributed by atoms with van der Waals surface area (Å²) in [5, 5.41) is 19.4. The molecular weight excluding hydrogens is 178 g/mol. The van der Waals surface area contributed by atoms with E-state index in [0.29, 0.717) is 5.75 Å². The Hall–Kier alpha value is -1.84. The molecule has 0 amide bonds. The van der Waals surface area contributed by atoms with Gasteiger partial charge in [0.2, 0.25) is 0 Å². The number of hydrogen-bond donors (Lipinski definition) is 2. The van der Waals surface area contributed by atoms with Gasteiger partial charge >= 0.3 is 0 Å². The van der Waals surface area contributed by atoms with E-state index < -0.39 is 0 Å². The van der Waals surface area contributed by atoms with Gasteiger partial charge in [0.15, 0.2) is 0 Å². The molecule has 0 aliphatic rings. The summed E-state index contributed by atoms with van der Waals surface area (Å²) in [5.74, 6) is 0.301. The van der Waals surface area contributed by atoms with Gasteiger partial charge in [0.05, 0.1) is 11.9 Å². The zero-order chi connectivity index (χ0) is 9.80. The summed E-state index contributed by atoms with van der Waals surface area (Å²) in [6, 6.07) is 7.21. The van der Waals surface area contributed by atoms with Crippen LogP contribution in [-0.2, 0) is 12.8 Å². The number of H-pyrrole nitrogens is 1. The predicted molar refractivity (Wildman–Crippen MR) is 51.9 cm³/mol. The fourth-order valence-corrected chi connectivity index (χ4v) is 1.28.